The molecule has 0 bridgehead atoms. The predicted molar refractivity (Wildman–Crippen MR) is 133 cm³/mol. The summed E-state index contributed by atoms with van der Waals surface area (Å²) in [6.07, 6.45) is 3.62. The van der Waals surface area contributed by atoms with Gasteiger partial charge in [-0.2, -0.15) is 10.2 Å². The largest absolute Gasteiger partial charge is 0.494 e. The Labute approximate surface area is 205 Å². The summed E-state index contributed by atoms with van der Waals surface area (Å²) in [5.41, 5.74) is 1.83. The van der Waals surface area contributed by atoms with Crippen molar-refractivity contribution in [3.05, 3.63) is 71.2 Å². The number of anilines is 1. The minimum atomic E-state index is -0.0234. The first-order chi connectivity index (χ1) is 17.1. The molecular formula is C27H28N4O4. The fourth-order valence-corrected chi connectivity index (χ4v) is 3.85. The van der Waals surface area contributed by atoms with E-state index in [2.05, 4.69) is 11.1 Å². The Bertz CT molecular complexity index is 1200. The quantitative estimate of drug-likeness (QED) is 0.477. The van der Waals surface area contributed by atoms with E-state index in [9.17, 15) is 10.1 Å². The van der Waals surface area contributed by atoms with Gasteiger partial charge in [0.2, 0.25) is 17.5 Å². The first-order valence-electron chi connectivity index (χ1n) is 11.7. The van der Waals surface area contributed by atoms with Crippen LogP contribution >= 0.6 is 0 Å². The molecule has 1 aliphatic heterocycles. The van der Waals surface area contributed by atoms with Crippen LogP contribution in [0, 0.1) is 11.3 Å². The molecular weight excluding hydrogens is 444 g/mol. The zero-order chi connectivity index (χ0) is 24.6. The number of amides is 1. The van der Waals surface area contributed by atoms with E-state index < -0.39 is 0 Å². The van der Waals surface area contributed by atoms with Crippen molar-refractivity contribution in [2.75, 3.05) is 44.3 Å². The van der Waals surface area contributed by atoms with Crippen LogP contribution in [0.2, 0.25) is 0 Å². The number of hydrogen-bond donors (Lipinski definition) is 0. The molecule has 0 spiro atoms. The summed E-state index contributed by atoms with van der Waals surface area (Å²) in [5, 5.41) is 9.57. The fourth-order valence-electron chi connectivity index (χ4n) is 3.85. The maximum absolute atomic E-state index is 12.9. The van der Waals surface area contributed by atoms with Crippen molar-refractivity contribution in [1.82, 2.24) is 9.88 Å². The molecule has 8 nitrogen and oxygen atoms in total. The topological polar surface area (TPSA) is 91.8 Å². The molecule has 0 unspecified atom stereocenters. The van der Waals surface area contributed by atoms with E-state index in [4.69, 9.17) is 13.9 Å². The number of nitrogens with zero attached hydrogens (tertiary/aromatic N) is 4. The first-order valence-corrected chi connectivity index (χ1v) is 11.7. The number of carbonyl (C=O) groups excluding carboxylic acids is 1. The Kier molecular flexibility index (Phi) is 7.68. The summed E-state index contributed by atoms with van der Waals surface area (Å²) < 4.78 is 16.8. The SMILES string of the molecule is CCOc1ccc(/C=C/c2nc(C#N)c(N3CCN(C(=O)c4ccc(OCC)cc4)CC3)o2)cc1. The molecule has 4 rings (SSSR count). The average molecular weight is 473 g/mol. The third-order valence-electron chi connectivity index (χ3n) is 5.61. The van der Waals surface area contributed by atoms with Gasteiger partial charge in [0, 0.05) is 37.8 Å². The normalized spacial score (nSPS) is 13.6. The van der Waals surface area contributed by atoms with Crippen LogP contribution in [0.4, 0.5) is 5.88 Å². The third-order valence-corrected chi connectivity index (χ3v) is 5.61. The lowest BCUT2D eigenvalue weighted by atomic mass is 10.1. The van der Waals surface area contributed by atoms with Crippen LogP contribution in [-0.4, -0.2) is 55.2 Å². The van der Waals surface area contributed by atoms with Crippen LogP contribution in [0.5, 0.6) is 11.5 Å². The maximum Gasteiger partial charge on any atom is 0.253 e. The van der Waals surface area contributed by atoms with Crippen molar-refractivity contribution in [3.8, 4) is 17.6 Å². The number of piperazine rings is 1. The molecule has 1 aliphatic rings. The van der Waals surface area contributed by atoms with Gasteiger partial charge in [0.1, 0.15) is 17.6 Å². The summed E-state index contributed by atoms with van der Waals surface area (Å²) in [7, 11) is 0. The summed E-state index contributed by atoms with van der Waals surface area (Å²) in [5.74, 6) is 2.33. The molecule has 1 saturated heterocycles. The number of ether oxygens (including phenoxy) is 2. The highest BCUT2D eigenvalue weighted by molar-refractivity contribution is 5.94. The number of rotatable bonds is 8. The van der Waals surface area contributed by atoms with Gasteiger partial charge in [0.05, 0.1) is 13.2 Å². The van der Waals surface area contributed by atoms with Gasteiger partial charge in [-0.3, -0.25) is 4.79 Å². The molecule has 0 aliphatic carbocycles. The van der Waals surface area contributed by atoms with E-state index in [0.29, 0.717) is 56.7 Å². The minimum absolute atomic E-state index is 0.0234. The molecule has 1 fully saturated rings. The van der Waals surface area contributed by atoms with Crippen molar-refractivity contribution in [1.29, 1.82) is 5.26 Å². The molecule has 1 aromatic heterocycles. The Morgan fingerprint density at radius 1 is 0.971 bits per heavy atom. The Hall–Kier alpha value is -4.25. The van der Waals surface area contributed by atoms with Crippen molar-refractivity contribution in [2.45, 2.75) is 13.8 Å². The minimum Gasteiger partial charge on any atom is -0.494 e. The van der Waals surface area contributed by atoms with E-state index >= 15 is 0 Å². The summed E-state index contributed by atoms with van der Waals surface area (Å²) >= 11 is 0. The number of hydrogen-bond acceptors (Lipinski definition) is 7. The van der Waals surface area contributed by atoms with Gasteiger partial charge in [-0.15, -0.1) is 0 Å². The van der Waals surface area contributed by atoms with Gasteiger partial charge < -0.3 is 23.7 Å². The summed E-state index contributed by atoms with van der Waals surface area (Å²) in [6, 6.07) is 17.0. The lowest BCUT2D eigenvalue weighted by molar-refractivity contribution is 0.0745. The van der Waals surface area contributed by atoms with Gasteiger partial charge in [0.15, 0.2) is 0 Å². The first kappa shape index (κ1) is 23.9. The molecule has 2 heterocycles. The monoisotopic (exact) mass is 472 g/mol. The van der Waals surface area contributed by atoms with E-state index in [1.54, 1.807) is 23.1 Å². The molecule has 3 aromatic rings. The summed E-state index contributed by atoms with van der Waals surface area (Å²) in [6.45, 7) is 7.22. The van der Waals surface area contributed by atoms with E-state index in [-0.39, 0.29) is 11.6 Å². The molecule has 0 N–H and O–H groups in total. The second kappa shape index (κ2) is 11.3. The van der Waals surface area contributed by atoms with Crippen molar-refractivity contribution in [3.63, 3.8) is 0 Å². The Morgan fingerprint density at radius 3 is 2.14 bits per heavy atom. The standard InChI is InChI=1S/C27H28N4O4/c1-3-33-22-10-5-20(6-11-22)7-14-25-29-24(19-28)27(35-25)31-17-15-30(16-18-31)26(32)21-8-12-23(13-9-21)34-4-2/h5-14H,3-4,15-18H2,1-2H3/b14-7+. The van der Waals surface area contributed by atoms with Gasteiger partial charge in [0.25, 0.3) is 5.91 Å². The lowest BCUT2D eigenvalue weighted by Gasteiger charge is -2.34. The van der Waals surface area contributed by atoms with E-state index in [1.807, 2.05) is 61.2 Å². The zero-order valence-corrected chi connectivity index (χ0v) is 19.9. The Balaban J connectivity index is 1.38. The van der Waals surface area contributed by atoms with Gasteiger partial charge >= 0.3 is 0 Å². The highest BCUT2D eigenvalue weighted by Gasteiger charge is 2.26. The van der Waals surface area contributed by atoms with Gasteiger partial charge in [-0.05, 0) is 61.9 Å². The zero-order valence-electron chi connectivity index (χ0n) is 19.9. The molecule has 0 atom stereocenters. The second-order valence-corrected chi connectivity index (χ2v) is 7.89. The van der Waals surface area contributed by atoms with Crippen molar-refractivity contribution >= 4 is 23.9 Å². The van der Waals surface area contributed by atoms with Crippen LogP contribution in [0.3, 0.4) is 0 Å². The highest BCUT2D eigenvalue weighted by Crippen LogP contribution is 2.25. The molecule has 2 aromatic carbocycles. The van der Waals surface area contributed by atoms with Crippen LogP contribution < -0.4 is 14.4 Å². The van der Waals surface area contributed by atoms with Crippen molar-refractivity contribution in [2.24, 2.45) is 0 Å². The van der Waals surface area contributed by atoms with Crippen molar-refractivity contribution < 1.29 is 18.7 Å². The molecule has 35 heavy (non-hydrogen) atoms. The molecule has 0 saturated carbocycles. The molecule has 8 heteroatoms. The lowest BCUT2D eigenvalue weighted by Crippen LogP contribution is -2.48. The van der Waals surface area contributed by atoms with Crippen LogP contribution in [0.25, 0.3) is 12.2 Å². The fraction of sp³-hybridized carbons (Fsp3) is 0.296. The maximum atomic E-state index is 12.9. The molecule has 1 amide bonds. The number of aromatic nitrogens is 1. The smallest absolute Gasteiger partial charge is 0.253 e. The summed E-state index contributed by atoms with van der Waals surface area (Å²) in [4.78, 5) is 21.0. The highest BCUT2D eigenvalue weighted by atomic mass is 16.5. The number of benzene rings is 2. The Morgan fingerprint density at radius 2 is 1.57 bits per heavy atom. The van der Waals surface area contributed by atoms with Crippen LogP contribution in [0.15, 0.2) is 52.9 Å². The van der Waals surface area contributed by atoms with Gasteiger partial charge in [-0.1, -0.05) is 12.1 Å². The van der Waals surface area contributed by atoms with E-state index in [1.165, 1.54) is 0 Å². The van der Waals surface area contributed by atoms with E-state index in [0.717, 1.165) is 17.1 Å². The average Bonchev–Trinajstić information content (AvgIpc) is 3.32. The van der Waals surface area contributed by atoms with Crippen LogP contribution in [-0.2, 0) is 0 Å². The number of oxazole rings is 1. The molecule has 0 radical (unpaired) electrons. The number of carbonyl (C=O) groups is 1. The second-order valence-electron chi connectivity index (χ2n) is 7.89. The molecule has 180 valence electrons. The number of nitriles is 1. The third kappa shape index (κ3) is 5.82. The predicted octanol–water partition coefficient (Wildman–Crippen LogP) is 4.48. The van der Waals surface area contributed by atoms with Gasteiger partial charge in [-0.25, -0.2) is 0 Å². The van der Waals surface area contributed by atoms with Crippen LogP contribution in [0.1, 0.15) is 41.4 Å².